The number of anilines is 1. The van der Waals surface area contributed by atoms with E-state index >= 15 is 0 Å². The molecule has 6 nitrogen and oxygen atoms in total. The maximum Gasteiger partial charge on any atom is 0.276 e. The molecule has 0 spiro atoms. The number of nitrogens with zero attached hydrogens (tertiary/aromatic N) is 3. The third-order valence-corrected chi connectivity index (χ3v) is 5.90. The second kappa shape index (κ2) is 8.45. The van der Waals surface area contributed by atoms with Crippen molar-refractivity contribution in [3.8, 4) is 5.75 Å². The fourth-order valence-electron chi connectivity index (χ4n) is 3.11. The Morgan fingerprint density at radius 3 is 2.73 bits per heavy atom. The van der Waals surface area contributed by atoms with Crippen LogP contribution >= 0.6 is 27.5 Å². The molecule has 0 saturated heterocycles. The van der Waals surface area contributed by atoms with Crippen molar-refractivity contribution >= 4 is 50.0 Å². The summed E-state index contributed by atoms with van der Waals surface area (Å²) in [6.45, 7) is 4.04. The first-order valence-electron chi connectivity index (χ1n) is 9.20. The van der Waals surface area contributed by atoms with Gasteiger partial charge in [0.05, 0.1) is 11.2 Å². The van der Waals surface area contributed by atoms with Crippen LogP contribution < -0.4 is 10.1 Å². The number of aryl methyl sites for hydroxylation is 2. The number of hydrogen-bond acceptors (Lipinski definition) is 4. The molecule has 2 aromatic heterocycles. The standard InChI is InChI=1S/C22H18BrClN4O2/c1-13-10-15(11-14(2)20(13)24)30-12-28-9-7-19(27-28)22(29)26-18-6-5-17(23)16-4-3-8-25-21(16)18/h3-11H,12H2,1-2H3,(H,26,29). The molecule has 2 heterocycles. The maximum absolute atomic E-state index is 12.7. The Bertz CT molecular complexity index is 1230. The molecule has 0 aliphatic heterocycles. The van der Waals surface area contributed by atoms with Crippen molar-refractivity contribution in [2.24, 2.45) is 0 Å². The van der Waals surface area contributed by atoms with E-state index in [0.717, 1.165) is 26.0 Å². The van der Waals surface area contributed by atoms with Crippen LogP contribution in [0, 0.1) is 13.8 Å². The van der Waals surface area contributed by atoms with Crippen LogP contribution in [-0.4, -0.2) is 20.7 Å². The average Bonchev–Trinajstić information content (AvgIpc) is 3.22. The molecule has 0 radical (unpaired) electrons. The van der Waals surface area contributed by atoms with E-state index < -0.39 is 0 Å². The Kier molecular flexibility index (Phi) is 5.74. The lowest BCUT2D eigenvalue weighted by molar-refractivity contribution is 0.102. The number of carbonyl (C=O) groups excluding carboxylic acids is 1. The lowest BCUT2D eigenvalue weighted by Gasteiger charge is -2.10. The van der Waals surface area contributed by atoms with Gasteiger partial charge in [0.2, 0.25) is 0 Å². The molecule has 0 aliphatic carbocycles. The summed E-state index contributed by atoms with van der Waals surface area (Å²) in [6, 6.07) is 12.9. The van der Waals surface area contributed by atoms with Crippen molar-refractivity contribution in [1.82, 2.24) is 14.8 Å². The van der Waals surface area contributed by atoms with Gasteiger partial charge in [-0.05, 0) is 61.4 Å². The molecular formula is C22H18BrClN4O2. The average molecular weight is 486 g/mol. The summed E-state index contributed by atoms with van der Waals surface area (Å²) in [5.74, 6) is 0.379. The minimum absolute atomic E-state index is 0.177. The SMILES string of the molecule is Cc1cc(OCn2ccc(C(=O)Nc3ccc(Br)c4cccnc34)n2)cc(C)c1Cl. The highest BCUT2D eigenvalue weighted by Crippen LogP contribution is 2.29. The number of carbonyl (C=O) groups is 1. The van der Waals surface area contributed by atoms with Gasteiger partial charge < -0.3 is 10.1 Å². The molecule has 0 aliphatic rings. The molecule has 1 amide bonds. The summed E-state index contributed by atoms with van der Waals surface area (Å²) in [5, 5.41) is 8.84. The molecule has 30 heavy (non-hydrogen) atoms. The van der Waals surface area contributed by atoms with Crippen LogP contribution in [0.2, 0.25) is 5.02 Å². The van der Waals surface area contributed by atoms with Crippen molar-refractivity contribution in [2.75, 3.05) is 5.32 Å². The Hall–Kier alpha value is -2.90. The highest BCUT2D eigenvalue weighted by molar-refractivity contribution is 9.10. The summed E-state index contributed by atoms with van der Waals surface area (Å²) in [4.78, 5) is 17.1. The number of fused-ring (bicyclic) bond motifs is 1. The Morgan fingerprint density at radius 1 is 1.20 bits per heavy atom. The zero-order valence-electron chi connectivity index (χ0n) is 16.3. The number of hydrogen-bond donors (Lipinski definition) is 1. The van der Waals surface area contributed by atoms with E-state index in [1.807, 2.05) is 50.2 Å². The van der Waals surface area contributed by atoms with Gasteiger partial charge in [0.15, 0.2) is 12.4 Å². The number of pyridine rings is 1. The second-order valence-electron chi connectivity index (χ2n) is 6.83. The molecule has 8 heteroatoms. The number of rotatable bonds is 5. The van der Waals surface area contributed by atoms with E-state index in [9.17, 15) is 4.79 Å². The number of aromatic nitrogens is 3. The highest BCUT2D eigenvalue weighted by atomic mass is 79.9. The predicted octanol–water partition coefficient (Wildman–Crippen LogP) is 5.75. The number of amides is 1. The third-order valence-electron chi connectivity index (χ3n) is 4.61. The van der Waals surface area contributed by atoms with E-state index in [2.05, 4.69) is 31.3 Å². The largest absolute Gasteiger partial charge is 0.471 e. The number of nitrogens with one attached hydrogen (secondary N) is 1. The quantitative estimate of drug-likeness (QED) is 0.391. The monoisotopic (exact) mass is 484 g/mol. The fourth-order valence-corrected chi connectivity index (χ4v) is 3.67. The Balaban J connectivity index is 1.47. The zero-order valence-corrected chi connectivity index (χ0v) is 18.7. The van der Waals surface area contributed by atoms with Crippen molar-refractivity contribution in [3.63, 3.8) is 0 Å². The van der Waals surface area contributed by atoms with Crippen molar-refractivity contribution < 1.29 is 9.53 Å². The van der Waals surface area contributed by atoms with Gasteiger partial charge >= 0.3 is 0 Å². The molecule has 4 rings (SSSR count). The molecule has 2 aromatic carbocycles. The van der Waals surface area contributed by atoms with Gasteiger partial charge in [0.1, 0.15) is 5.75 Å². The van der Waals surface area contributed by atoms with Gasteiger partial charge in [-0.15, -0.1) is 0 Å². The summed E-state index contributed by atoms with van der Waals surface area (Å²) in [5.41, 5.74) is 3.51. The van der Waals surface area contributed by atoms with Gasteiger partial charge in [-0.1, -0.05) is 33.6 Å². The van der Waals surface area contributed by atoms with Crippen LogP contribution in [0.15, 0.2) is 59.3 Å². The highest BCUT2D eigenvalue weighted by Gasteiger charge is 2.13. The molecule has 0 bridgehead atoms. The maximum atomic E-state index is 12.7. The van der Waals surface area contributed by atoms with Gasteiger partial charge in [0.25, 0.3) is 5.91 Å². The summed E-state index contributed by atoms with van der Waals surface area (Å²) in [7, 11) is 0. The van der Waals surface area contributed by atoms with Crippen molar-refractivity contribution in [3.05, 3.63) is 81.2 Å². The molecular weight excluding hydrogens is 468 g/mol. The molecule has 0 unspecified atom stereocenters. The minimum Gasteiger partial charge on any atom is -0.471 e. The zero-order chi connectivity index (χ0) is 21.3. The van der Waals surface area contributed by atoms with Gasteiger partial charge in [-0.3, -0.25) is 9.78 Å². The van der Waals surface area contributed by atoms with Crippen molar-refractivity contribution in [1.29, 1.82) is 0 Å². The van der Waals surface area contributed by atoms with E-state index in [1.54, 1.807) is 23.1 Å². The second-order valence-corrected chi connectivity index (χ2v) is 8.07. The van der Waals surface area contributed by atoms with Crippen LogP contribution in [0.25, 0.3) is 10.9 Å². The van der Waals surface area contributed by atoms with E-state index in [4.69, 9.17) is 16.3 Å². The van der Waals surface area contributed by atoms with E-state index in [0.29, 0.717) is 17.0 Å². The fraction of sp³-hybridized carbons (Fsp3) is 0.136. The minimum atomic E-state index is -0.318. The first-order valence-corrected chi connectivity index (χ1v) is 10.4. The predicted molar refractivity (Wildman–Crippen MR) is 121 cm³/mol. The molecule has 0 fully saturated rings. The molecule has 0 atom stereocenters. The van der Waals surface area contributed by atoms with Crippen LogP contribution in [0.4, 0.5) is 5.69 Å². The van der Waals surface area contributed by atoms with Gasteiger partial charge in [0, 0.05) is 27.3 Å². The van der Waals surface area contributed by atoms with Gasteiger partial charge in [-0.25, -0.2) is 4.68 Å². The Labute approximate surface area is 187 Å². The Morgan fingerprint density at radius 2 is 1.97 bits per heavy atom. The third kappa shape index (κ3) is 4.17. The van der Waals surface area contributed by atoms with Crippen LogP contribution in [0.3, 0.4) is 0 Å². The van der Waals surface area contributed by atoms with Crippen LogP contribution in [-0.2, 0) is 6.73 Å². The molecule has 1 N–H and O–H groups in total. The number of ether oxygens (including phenoxy) is 1. The lowest BCUT2D eigenvalue weighted by Crippen LogP contribution is -2.14. The number of benzene rings is 2. The van der Waals surface area contributed by atoms with Crippen LogP contribution in [0.1, 0.15) is 21.6 Å². The van der Waals surface area contributed by atoms with E-state index in [1.165, 1.54) is 0 Å². The number of halogens is 2. The van der Waals surface area contributed by atoms with Crippen molar-refractivity contribution in [2.45, 2.75) is 20.6 Å². The lowest BCUT2D eigenvalue weighted by atomic mass is 10.1. The summed E-state index contributed by atoms with van der Waals surface area (Å²) >= 11 is 9.70. The first-order chi connectivity index (χ1) is 14.4. The topological polar surface area (TPSA) is 69.0 Å². The van der Waals surface area contributed by atoms with Crippen LogP contribution in [0.5, 0.6) is 5.75 Å². The normalized spacial score (nSPS) is 10.9. The smallest absolute Gasteiger partial charge is 0.276 e. The molecule has 4 aromatic rings. The summed E-state index contributed by atoms with van der Waals surface area (Å²) in [6.07, 6.45) is 3.39. The molecule has 152 valence electrons. The summed E-state index contributed by atoms with van der Waals surface area (Å²) < 4.78 is 8.26. The first kappa shape index (κ1) is 20.4. The molecule has 0 saturated carbocycles. The van der Waals surface area contributed by atoms with E-state index in [-0.39, 0.29) is 18.3 Å². The van der Waals surface area contributed by atoms with Gasteiger partial charge in [-0.2, -0.15) is 5.10 Å².